The Morgan fingerprint density at radius 2 is 2.11 bits per heavy atom. The number of nitrogens with two attached hydrogens (primary N) is 1. The number of hydrogen-bond acceptors (Lipinski definition) is 5. The molecule has 18 heavy (non-hydrogen) atoms. The van der Waals surface area contributed by atoms with Crippen LogP contribution in [0.3, 0.4) is 0 Å². The topological polar surface area (TPSA) is 69.4 Å². The Morgan fingerprint density at radius 1 is 1.22 bits per heavy atom. The van der Waals surface area contributed by atoms with E-state index in [-0.39, 0.29) is 0 Å². The van der Waals surface area contributed by atoms with E-state index in [1.807, 2.05) is 24.3 Å². The molecule has 0 bridgehead atoms. The molecule has 1 aliphatic heterocycles. The molecule has 0 fully saturated rings. The lowest BCUT2D eigenvalue weighted by atomic mass is 10.2. The van der Waals surface area contributed by atoms with Gasteiger partial charge in [-0.3, -0.25) is 4.98 Å². The fourth-order valence-electron chi connectivity index (χ4n) is 1.82. The molecular formula is C13H13N3O2. The number of hydrogen-bond donors (Lipinski definition) is 2. The monoisotopic (exact) mass is 243 g/mol. The Balaban J connectivity index is 1.72. The summed E-state index contributed by atoms with van der Waals surface area (Å²) >= 11 is 0. The number of nitrogens with one attached hydrogen (secondary N) is 1. The normalized spacial score (nSPS) is 12.4. The fraction of sp³-hybridized carbons (Fsp3) is 0.154. The highest BCUT2D eigenvalue weighted by atomic mass is 16.7. The maximum absolute atomic E-state index is 5.81. The molecule has 2 aromatic rings. The van der Waals surface area contributed by atoms with E-state index >= 15 is 0 Å². The number of ether oxygens (including phenoxy) is 2. The van der Waals surface area contributed by atoms with Crippen molar-refractivity contribution in [3.63, 3.8) is 0 Å². The van der Waals surface area contributed by atoms with Crippen molar-refractivity contribution in [2.75, 3.05) is 17.8 Å². The minimum Gasteiger partial charge on any atom is -0.454 e. The van der Waals surface area contributed by atoms with Gasteiger partial charge < -0.3 is 20.5 Å². The minimum atomic E-state index is 0.295. The summed E-state index contributed by atoms with van der Waals surface area (Å²) in [7, 11) is 0. The van der Waals surface area contributed by atoms with Crippen LogP contribution in [0.1, 0.15) is 5.56 Å². The predicted octanol–water partition coefficient (Wildman–Crippen LogP) is 2.00. The standard InChI is InChI=1S/C13H13N3O2/c14-10-7-15-4-3-11(10)16-6-9-1-2-12-13(5-9)18-8-17-12/h1-5,7H,6,8,14H2,(H,15,16). The molecule has 0 radical (unpaired) electrons. The summed E-state index contributed by atoms with van der Waals surface area (Å²) in [6.07, 6.45) is 3.33. The molecule has 92 valence electrons. The van der Waals surface area contributed by atoms with Crippen LogP contribution in [0.2, 0.25) is 0 Å². The molecule has 0 aliphatic carbocycles. The molecule has 3 N–H and O–H groups in total. The van der Waals surface area contributed by atoms with Crippen molar-refractivity contribution in [1.82, 2.24) is 4.98 Å². The zero-order valence-electron chi connectivity index (χ0n) is 9.72. The first-order valence-electron chi connectivity index (χ1n) is 5.65. The van der Waals surface area contributed by atoms with Crippen LogP contribution in [0.5, 0.6) is 11.5 Å². The van der Waals surface area contributed by atoms with Gasteiger partial charge in [0.15, 0.2) is 11.5 Å². The van der Waals surface area contributed by atoms with E-state index in [1.165, 1.54) is 0 Å². The van der Waals surface area contributed by atoms with Crippen LogP contribution in [0.25, 0.3) is 0 Å². The molecule has 0 saturated carbocycles. The summed E-state index contributed by atoms with van der Waals surface area (Å²) in [6.45, 7) is 0.967. The Labute approximate surface area is 105 Å². The first-order chi connectivity index (χ1) is 8.83. The van der Waals surface area contributed by atoms with E-state index in [2.05, 4.69) is 10.3 Å². The fourth-order valence-corrected chi connectivity index (χ4v) is 1.82. The quantitative estimate of drug-likeness (QED) is 0.863. The van der Waals surface area contributed by atoms with Gasteiger partial charge >= 0.3 is 0 Å². The molecule has 1 aromatic carbocycles. The number of benzene rings is 1. The van der Waals surface area contributed by atoms with Crippen molar-refractivity contribution < 1.29 is 9.47 Å². The van der Waals surface area contributed by atoms with E-state index in [9.17, 15) is 0 Å². The molecule has 0 atom stereocenters. The Kier molecular flexibility index (Phi) is 2.64. The number of pyridine rings is 1. The van der Waals surface area contributed by atoms with E-state index in [1.54, 1.807) is 12.4 Å². The zero-order chi connectivity index (χ0) is 12.4. The SMILES string of the molecule is Nc1cnccc1NCc1ccc2c(c1)OCO2. The van der Waals surface area contributed by atoms with Gasteiger partial charge in [-0.05, 0) is 23.8 Å². The van der Waals surface area contributed by atoms with Crippen LogP contribution >= 0.6 is 0 Å². The van der Waals surface area contributed by atoms with Crippen molar-refractivity contribution in [3.05, 3.63) is 42.2 Å². The van der Waals surface area contributed by atoms with E-state index < -0.39 is 0 Å². The Morgan fingerprint density at radius 3 is 3.00 bits per heavy atom. The van der Waals surface area contributed by atoms with Crippen LogP contribution in [0.15, 0.2) is 36.7 Å². The molecule has 0 amide bonds. The highest BCUT2D eigenvalue weighted by molar-refractivity contribution is 5.64. The van der Waals surface area contributed by atoms with Crippen molar-refractivity contribution in [2.24, 2.45) is 0 Å². The van der Waals surface area contributed by atoms with Gasteiger partial charge in [0.05, 0.1) is 17.6 Å². The molecule has 1 aromatic heterocycles. The lowest BCUT2D eigenvalue weighted by molar-refractivity contribution is 0.174. The number of anilines is 2. The first-order valence-corrected chi connectivity index (χ1v) is 5.65. The van der Waals surface area contributed by atoms with Gasteiger partial charge in [0.1, 0.15) is 0 Å². The van der Waals surface area contributed by atoms with Crippen molar-refractivity contribution in [3.8, 4) is 11.5 Å². The summed E-state index contributed by atoms with van der Waals surface area (Å²) in [4.78, 5) is 3.95. The number of aromatic nitrogens is 1. The summed E-state index contributed by atoms with van der Waals surface area (Å²) in [6, 6.07) is 7.72. The Bertz CT molecular complexity index is 572. The van der Waals surface area contributed by atoms with Gasteiger partial charge in [-0.2, -0.15) is 0 Å². The van der Waals surface area contributed by atoms with Crippen LogP contribution in [0, 0.1) is 0 Å². The van der Waals surface area contributed by atoms with Crippen LogP contribution < -0.4 is 20.5 Å². The summed E-state index contributed by atoms with van der Waals surface area (Å²) in [5.41, 5.74) is 8.43. The minimum absolute atomic E-state index is 0.295. The van der Waals surface area contributed by atoms with Crippen LogP contribution in [-0.2, 0) is 6.54 Å². The number of nitrogen functional groups attached to an aromatic ring is 1. The molecule has 2 heterocycles. The average Bonchev–Trinajstić information content (AvgIpc) is 2.85. The molecule has 5 heteroatoms. The van der Waals surface area contributed by atoms with E-state index in [4.69, 9.17) is 15.2 Å². The van der Waals surface area contributed by atoms with Gasteiger partial charge in [-0.1, -0.05) is 6.07 Å². The molecule has 0 unspecified atom stereocenters. The highest BCUT2D eigenvalue weighted by Crippen LogP contribution is 2.32. The van der Waals surface area contributed by atoms with Crippen molar-refractivity contribution in [1.29, 1.82) is 0 Å². The second-order valence-corrected chi connectivity index (χ2v) is 4.00. The third-order valence-electron chi connectivity index (χ3n) is 2.77. The summed E-state index contributed by atoms with van der Waals surface area (Å²) in [5.74, 6) is 1.58. The number of nitrogens with zero attached hydrogens (tertiary/aromatic N) is 1. The average molecular weight is 243 g/mol. The predicted molar refractivity (Wildman–Crippen MR) is 68.5 cm³/mol. The lowest BCUT2D eigenvalue weighted by Crippen LogP contribution is -2.02. The van der Waals surface area contributed by atoms with E-state index in [0.29, 0.717) is 19.0 Å². The van der Waals surface area contributed by atoms with Gasteiger partial charge in [0.25, 0.3) is 0 Å². The van der Waals surface area contributed by atoms with Gasteiger partial charge in [-0.15, -0.1) is 0 Å². The van der Waals surface area contributed by atoms with Crippen LogP contribution in [0.4, 0.5) is 11.4 Å². The second kappa shape index (κ2) is 4.44. The lowest BCUT2D eigenvalue weighted by Gasteiger charge is -2.09. The number of fused-ring (bicyclic) bond motifs is 1. The van der Waals surface area contributed by atoms with Gasteiger partial charge in [0.2, 0.25) is 6.79 Å². The van der Waals surface area contributed by atoms with Gasteiger partial charge in [-0.25, -0.2) is 0 Å². The van der Waals surface area contributed by atoms with Crippen molar-refractivity contribution >= 4 is 11.4 Å². The molecular weight excluding hydrogens is 230 g/mol. The summed E-state index contributed by atoms with van der Waals surface area (Å²) in [5, 5.41) is 3.26. The zero-order valence-corrected chi connectivity index (χ0v) is 9.72. The van der Waals surface area contributed by atoms with E-state index in [0.717, 1.165) is 22.7 Å². The maximum Gasteiger partial charge on any atom is 0.231 e. The van der Waals surface area contributed by atoms with Gasteiger partial charge in [0, 0.05) is 12.7 Å². The second-order valence-electron chi connectivity index (χ2n) is 4.00. The van der Waals surface area contributed by atoms with Crippen molar-refractivity contribution in [2.45, 2.75) is 6.54 Å². The molecule has 0 saturated heterocycles. The molecule has 3 rings (SSSR count). The molecule has 1 aliphatic rings. The highest BCUT2D eigenvalue weighted by Gasteiger charge is 2.12. The summed E-state index contributed by atoms with van der Waals surface area (Å²) < 4.78 is 10.6. The smallest absolute Gasteiger partial charge is 0.231 e. The number of rotatable bonds is 3. The Hall–Kier alpha value is -2.43. The maximum atomic E-state index is 5.81. The third-order valence-corrected chi connectivity index (χ3v) is 2.77. The molecule has 5 nitrogen and oxygen atoms in total. The third kappa shape index (κ3) is 2.02. The van der Waals surface area contributed by atoms with Crippen LogP contribution in [-0.4, -0.2) is 11.8 Å². The first kappa shape index (κ1) is 10.7. The largest absolute Gasteiger partial charge is 0.454 e. The molecule has 0 spiro atoms.